The molecule has 0 fully saturated rings. The number of carbonyl (C=O) groups is 2. The Hall–Kier alpha value is -2.24. The lowest BCUT2D eigenvalue weighted by Crippen LogP contribution is -2.38. The van der Waals surface area contributed by atoms with Crippen molar-refractivity contribution in [1.29, 1.82) is 0 Å². The summed E-state index contributed by atoms with van der Waals surface area (Å²) in [5.41, 5.74) is 0.601. The average Bonchev–Trinajstić information content (AvgIpc) is 3.02. The molecule has 2 N–H and O–H groups in total. The molecule has 5 nitrogen and oxygen atoms in total. The van der Waals surface area contributed by atoms with Gasteiger partial charge in [-0.05, 0) is 49.8 Å². The molecule has 1 heterocycles. The van der Waals surface area contributed by atoms with Gasteiger partial charge >= 0.3 is 0 Å². The normalized spacial score (nSPS) is 11.5. The third-order valence-corrected chi connectivity index (χ3v) is 3.48. The largest absolute Gasteiger partial charge is 0.459 e. The molecule has 1 aromatic heterocycles. The van der Waals surface area contributed by atoms with Gasteiger partial charge in [-0.1, -0.05) is 29.3 Å². The van der Waals surface area contributed by atoms with E-state index in [1.54, 1.807) is 24.3 Å². The molecule has 0 radical (unpaired) electrons. The summed E-state index contributed by atoms with van der Waals surface area (Å²) in [5, 5.41) is 6.10. The van der Waals surface area contributed by atoms with E-state index in [1.807, 2.05) is 13.8 Å². The highest BCUT2D eigenvalue weighted by molar-refractivity contribution is 6.35. The monoisotopic (exact) mass is 366 g/mol. The first-order valence-corrected chi connectivity index (χ1v) is 7.95. The molecule has 2 amide bonds. The number of rotatable bonds is 5. The molecule has 0 unspecified atom stereocenters. The van der Waals surface area contributed by atoms with E-state index in [0.717, 1.165) is 0 Å². The van der Waals surface area contributed by atoms with Crippen LogP contribution in [0.2, 0.25) is 10.0 Å². The summed E-state index contributed by atoms with van der Waals surface area (Å²) in [6.07, 6.45) is 2.86. The second kappa shape index (κ2) is 8.04. The van der Waals surface area contributed by atoms with Crippen LogP contribution in [0.5, 0.6) is 0 Å². The van der Waals surface area contributed by atoms with Crippen LogP contribution in [0.3, 0.4) is 0 Å². The van der Waals surface area contributed by atoms with Crippen LogP contribution in [-0.4, -0.2) is 17.9 Å². The number of amides is 2. The quantitative estimate of drug-likeness (QED) is 0.788. The molecule has 0 aliphatic heterocycles. The van der Waals surface area contributed by atoms with Crippen molar-refractivity contribution in [2.24, 2.45) is 0 Å². The fourth-order valence-corrected chi connectivity index (χ4v) is 2.33. The van der Waals surface area contributed by atoms with Gasteiger partial charge in [0.15, 0.2) is 5.76 Å². The van der Waals surface area contributed by atoms with Gasteiger partial charge in [-0.25, -0.2) is 0 Å². The summed E-state index contributed by atoms with van der Waals surface area (Å²) in [6, 6.07) is 7.85. The third kappa shape index (κ3) is 4.88. The van der Waals surface area contributed by atoms with Crippen molar-refractivity contribution in [3.8, 4) is 0 Å². The van der Waals surface area contributed by atoms with Crippen molar-refractivity contribution in [3.63, 3.8) is 0 Å². The Labute approximate surface area is 149 Å². The first-order chi connectivity index (χ1) is 11.4. The number of hydrogen-bond donors (Lipinski definition) is 2. The third-order valence-electron chi connectivity index (χ3n) is 2.92. The summed E-state index contributed by atoms with van der Waals surface area (Å²) in [6.45, 7) is 3.64. The summed E-state index contributed by atoms with van der Waals surface area (Å²) in [4.78, 5) is 24.5. The first-order valence-electron chi connectivity index (χ1n) is 7.19. The maximum absolute atomic E-state index is 12.3. The maximum Gasteiger partial charge on any atom is 0.291 e. The van der Waals surface area contributed by atoms with Gasteiger partial charge in [-0.3, -0.25) is 9.59 Å². The van der Waals surface area contributed by atoms with Crippen LogP contribution in [0.1, 0.15) is 30.0 Å². The first kappa shape index (κ1) is 18.1. The molecule has 0 saturated heterocycles. The summed E-state index contributed by atoms with van der Waals surface area (Å²) in [7, 11) is 0. The molecule has 24 heavy (non-hydrogen) atoms. The molecular weight excluding hydrogens is 351 g/mol. The van der Waals surface area contributed by atoms with Crippen molar-refractivity contribution in [3.05, 3.63) is 63.7 Å². The zero-order chi connectivity index (χ0) is 17.7. The molecule has 0 aliphatic rings. The van der Waals surface area contributed by atoms with Crippen LogP contribution in [0.25, 0.3) is 6.08 Å². The van der Waals surface area contributed by atoms with Crippen LogP contribution >= 0.6 is 23.2 Å². The Morgan fingerprint density at radius 1 is 1.21 bits per heavy atom. The lowest BCUT2D eigenvalue weighted by Gasteiger charge is -2.13. The fraction of sp³-hybridized carbons (Fsp3) is 0.176. The topological polar surface area (TPSA) is 71.3 Å². The van der Waals surface area contributed by atoms with Gasteiger partial charge in [0.1, 0.15) is 5.70 Å². The van der Waals surface area contributed by atoms with E-state index in [1.165, 1.54) is 18.4 Å². The molecule has 0 saturated carbocycles. The maximum atomic E-state index is 12.3. The minimum absolute atomic E-state index is 0.0503. The van der Waals surface area contributed by atoms with Crippen molar-refractivity contribution < 1.29 is 14.0 Å². The molecule has 126 valence electrons. The Bertz CT molecular complexity index is 768. The van der Waals surface area contributed by atoms with Crippen molar-refractivity contribution >= 4 is 41.1 Å². The van der Waals surface area contributed by atoms with E-state index in [9.17, 15) is 9.59 Å². The van der Waals surface area contributed by atoms with Gasteiger partial charge in [0.2, 0.25) is 0 Å². The standard InChI is InChI=1S/C17H16Cl2N2O3/c1-10(2)20-16(22)14(21-17(23)15-4-3-7-24-15)8-11-5-6-12(18)9-13(11)19/h3-10H,1-2H3,(H,20,22)(H,21,23)/b14-8-. The molecule has 0 spiro atoms. The summed E-state index contributed by atoms with van der Waals surface area (Å²) < 4.78 is 5.03. The minimum atomic E-state index is -0.532. The van der Waals surface area contributed by atoms with Crippen LogP contribution in [0, 0.1) is 0 Å². The highest BCUT2D eigenvalue weighted by Crippen LogP contribution is 2.23. The molecule has 1 aromatic carbocycles. The predicted octanol–water partition coefficient (Wildman–Crippen LogP) is 3.88. The molecule has 0 aliphatic carbocycles. The second-order valence-electron chi connectivity index (χ2n) is 5.28. The molecule has 2 rings (SSSR count). The number of nitrogens with one attached hydrogen (secondary N) is 2. The summed E-state index contributed by atoms with van der Waals surface area (Å²) >= 11 is 12.0. The molecule has 2 aromatic rings. The van der Waals surface area contributed by atoms with Gasteiger partial charge in [0.25, 0.3) is 11.8 Å². The zero-order valence-electron chi connectivity index (χ0n) is 13.1. The fourth-order valence-electron chi connectivity index (χ4n) is 1.86. The Morgan fingerprint density at radius 3 is 2.54 bits per heavy atom. The number of hydrogen-bond acceptors (Lipinski definition) is 3. The SMILES string of the molecule is CC(C)NC(=O)/C(=C/c1ccc(Cl)cc1Cl)NC(=O)c1ccco1. The minimum Gasteiger partial charge on any atom is -0.459 e. The van der Waals surface area contributed by atoms with Crippen molar-refractivity contribution in [2.45, 2.75) is 19.9 Å². The van der Waals surface area contributed by atoms with E-state index >= 15 is 0 Å². The highest BCUT2D eigenvalue weighted by atomic mass is 35.5. The lowest BCUT2D eigenvalue weighted by atomic mass is 10.1. The van der Waals surface area contributed by atoms with E-state index in [2.05, 4.69) is 10.6 Å². The van der Waals surface area contributed by atoms with Crippen LogP contribution in [0.4, 0.5) is 0 Å². The van der Waals surface area contributed by atoms with Crippen LogP contribution in [-0.2, 0) is 4.79 Å². The van der Waals surface area contributed by atoms with Gasteiger partial charge < -0.3 is 15.1 Å². The van der Waals surface area contributed by atoms with Gasteiger partial charge in [0.05, 0.1) is 6.26 Å². The Morgan fingerprint density at radius 2 is 1.96 bits per heavy atom. The van der Waals surface area contributed by atoms with Crippen molar-refractivity contribution in [2.75, 3.05) is 0 Å². The van der Waals surface area contributed by atoms with E-state index in [4.69, 9.17) is 27.6 Å². The molecular formula is C17H16Cl2N2O3. The Kier molecular flexibility index (Phi) is 6.06. The average molecular weight is 367 g/mol. The lowest BCUT2D eigenvalue weighted by molar-refractivity contribution is -0.118. The highest BCUT2D eigenvalue weighted by Gasteiger charge is 2.17. The van der Waals surface area contributed by atoms with Gasteiger partial charge in [-0.2, -0.15) is 0 Å². The van der Waals surface area contributed by atoms with Crippen molar-refractivity contribution in [1.82, 2.24) is 10.6 Å². The number of furan rings is 1. The van der Waals surface area contributed by atoms with E-state index in [0.29, 0.717) is 15.6 Å². The molecule has 7 heteroatoms. The molecule has 0 atom stereocenters. The van der Waals surface area contributed by atoms with E-state index < -0.39 is 11.8 Å². The second-order valence-corrected chi connectivity index (χ2v) is 6.13. The number of carbonyl (C=O) groups excluding carboxylic acids is 2. The summed E-state index contributed by atoms with van der Waals surface area (Å²) in [5.74, 6) is -0.869. The smallest absolute Gasteiger partial charge is 0.291 e. The van der Waals surface area contributed by atoms with E-state index in [-0.39, 0.29) is 17.5 Å². The Balaban J connectivity index is 2.33. The predicted molar refractivity (Wildman–Crippen MR) is 93.9 cm³/mol. The van der Waals surface area contributed by atoms with Gasteiger partial charge in [-0.15, -0.1) is 0 Å². The number of halogens is 2. The zero-order valence-corrected chi connectivity index (χ0v) is 14.6. The van der Waals surface area contributed by atoms with Gasteiger partial charge in [0, 0.05) is 16.1 Å². The number of benzene rings is 1. The van der Waals surface area contributed by atoms with Crippen LogP contribution in [0.15, 0.2) is 46.7 Å². The molecule has 0 bridgehead atoms. The van der Waals surface area contributed by atoms with Crippen LogP contribution < -0.4 is 10.6 Å².